The van der Waals surface area contributed by atoms with Gasteiger partial charge in [0.2, 0.25) is 5.91 Å². The summed E-state index contributed by atoms with van der Waals surface area (Å²) in [5.74, 6) is 1.99. The fraction of sp³-hybridized carbons (Fsp3) is 0.375. The summed E-state index contributed by atoms with van der Waals surface area (Å²) in [5.41, 5.74) is 2.08. The van der Waals surface area contributed by atoms with Gasteiger partial charge in [-0.25, -0.2) is 4.98 Å². The molecule has 0 aliphatic carbocycles. The van der Waals surface area contributed by atoms with E-state index in [0.29, 0.717) is 6.54 Å². The topological polar surface area (TPSA) is 36.4 Å². The van der Waals surface area contributed by atoms with Crippen molar-refractivity contribution in [1.82, 2.24) is 14.8 Å². The van der Waals surface area contributed by atoms with Gasteiger partial charge in [0.1, 0.15) is 5.01 Å². The first-order chi connectivity index (χ1) is 10.6. The van der Waals surface area contributed by atoms with Gasteiger partial charge in [-0.3, -0.25) is 9.69 Å². The van der Waals surface area contributed by atoms with Crippen molar-refractivity contribution in [3.63, 3.8) is 0 Å². The number of amides is 1. The number of carbonyl (C=O) groups excluding carboxylic acids is 1. The minimum absolute atomic E-state index is 0.00206. The van der Waals surface area contributed by atoms with E-state index in [1.54, 1.807) is 16.2 Å². The van der Waals surface area contributed by atoms with Crippen LogP contribution in [0.25, 0.3) is 10.6 Å². The molecule has 2 aromatic rings. The highest BCUT2D eigenvalue weighted by Crippen LogP contribution is 2.24. The number of likely N-dealkylation sites (N-methyl/N-ethyl adjacent to an activating group) is 2. The Bertz CT molecular complexity index is 644. The van der Waals surface area contributed by atoms with Crippen LogP contribution in [0.2, 0.25) is 0 Å². The van der Waals surface area contributed by atoms with Gasteiger partial charge in [-0.1, -0.05) is 30.3 Å². The van der Waals surface area contributed by atoms with E-state index in [1.807, 2.05) is 49.4 Å². The molecule has 1 aliphatic heterocycles. The Morgan fingerprint density at radius 1 is 1.41 bits per heavy atom. The second kappa shape index (κ2) is 6.81. The van der Waals surface area contributed by atoms with Crippen molar-refractivity contribution in [2.45, 2.75) is 12.6 Å². The zero-order chi connectivity index (χ0) is 15.5. The maximum atomic E-state index is 12.5. The number of aromatic nitrogens is 1. The highest BCUT2D eigenvalue weighted by Gasteiger charge is 2.30. The van der Waals surface area contributed by atoms with Gasteiger partial charge in [-0.2, -0.15) is 0 Å². The molecule has 1 amide bonds. The summed E-state index contributed by atoms with van der Waals surface area (Å²) in [4.78, 5) is 21.0. The number of hydrogen-bond acceptors (Lipinski definition) is 5. The Kier molecular flexibility index (Phi) is 4.81. The molecule has 1 aromatic heterocycles. The van der Waals surface area contributed by atoms with Crippen LogP contribution in [-0.4, -0.2) is 52.5 Å². The molecule has 1 aliphatic rings. The van der Waals surface area contributed by atoms with Crippen LogP contribution < -0.4 is 0 Å². The fourth-order valence-corrected chi connectivity index (χ4v) is 4.46. The van der Waals surface area contributed by atoms with Crippen molar-refractivity contribution >= 4 is 29.0 Å². The molecular weight excluding hydrogens is 314 g/mol. The van der Waals surface area contributed by atoms with Crippen LogP contribution in [-0.2, 0) is 11.3 Å². The van der Waals surface area contributed by atoms with E-state index in [9.17, 15) is 4.79 Å². The first-order valence-corrected chi connectivity index (χ1v) is 9.21. The number of thiazole rings is 1. The first-order valence-electron chi connectivity index (χ1n) is 7.18. The summed E-state index contributed by atoms with van der Waals surface area (Å²) in [5, 5.41) is 3.05. The monoisotopic (exact) mass is 333 g/mol. The smallest absolute Gasteiger partial charge is 0.240 e. The molecule has 0 bridgehead atoms. The van der Waals surface area contributed by atoms with E-state index in [2.05, 4.69) is 22.0 Å². The average Bonchev–Trinajstić information content (AvgIpc) is 3.16. The van der Waals surface area contributed by atoms with Crippen molar-refractivity contribution in [2.75, 3.05) is 25.7 Å². The average molecular weight is 333 g/mol. The number of rotatable bonds is 4. The van der Waals surface area contributed by atoms with E-state index >= 15 is 0 Å². The Balaban J connectivity index is 1.66. The number of hydrogen-bond donors (Lipinski definition) is 0. The summed E-state index contributed by atoms with van der Waals surface area (Å²) in [6.07, 6.45) is 0. The van der Waals surface area contributed by atoms with Crippen molar-refractivity contribution in [3.8, 4) is 10.6 Å². The molecule has 22 heavy (non-hydrogen) atoms. The molecule has 0 unspecified atom stereocenters. The quantitative estimate of drug-likeness (QED) is 0.862. The maximum Gasteiger partial charge on any atom is 0.240 e. The molecule has 0 spiro atoms. The molecule has 1 atom stereocenters. The minimum atomic E-state index is 0.00206. The lowest BCUT2D eigenvalue weighted by atomic mass is 10.2. The molecule has 1 saturated heterocycles. The second-order valence-corrected chi connectivity index (χ2v) is 7.33. The molecule has 0 saturated carbocycles. The minimum Gasteiger partial charge on any atom is -0.338 e. The van der Waals surface area contributed by atoms with Crippen molar-refractivity contribution in [3.05, 3.63) is 41.4 Å². The second-order valence-electron chi connectivity index (χ2n) is 5.48. The summed E-state index contributed by atoms with van der Waals surface area (Å²) >= 11 is 3.43. The molecule has 0 radical (unpaired) electrons. The predicted octanol–water partition coefficient (Wildman–Crippen LogP) is 2.77. The van der Waals surface area contributed by atoms with E-state index in [-0.39, 0.29) is 11.9 Å². The fourth-order valence-electron chi connectivity index (χ4n) is 2.45. The lowest BCUT2D eigenvalue weighted by molar-refractivity contribution is -0.134. The van der Waals surface area contributed by atoms with Crippen LogP contribution in [0, 0.1) is 0 Å². The van der Waals surface area contributed by atoms with E-state index < -0.39 is 0 Å². The van der Waals surface area contributed by atoms with Gasteiger partial charge in [-0.05, 0) is 7.05 Å². The summed E-state index contributed by atoms with van der Waals surface area (Å²) < 4.78 is 0. The molecule has 4 nitrogen and oxygen atoms in total. The highest BCUT2D eigenvalue weighted by molar-refractivity contribution is 7.99. The molecule has 0 N–H and O–H groups in total. The molecule has 1 aromatic carbocycles. The van der Waals surface area contributed by atoms with Crippen LogP contribution in [0.15, 0.2) is 35.7 Å². The van der Waals surface area contributed by atoms with Gasteiger partial charge >= 0.3 is 0 Å². The third-order valence-electron chi connectivity index (χ3n) is 3.74. The van der Waals surface area contributed by atoms with Gasteiger partial charge in [-0.15, -0.1) is 23.1 Å². The van der Waals surface area contributed by atoms with Crippen LogP contribution >= 0.6 is 23.1 Å². The molecule has 1 fully saturated rings. The Hall–Kier alpha value is -1.37. The lowest BCUT2D eigenvalue weighted by Crippen LogP contribution is -2.43. The van der Waals surface area contributed by atoms with Crippen LogP contribution in [0.1, 0.15) is 5.69 Å². The summed E-state index contributed by atoms with van der Waals surface area (Å²) in [6, 6.07) is 10.1. The van der Waals surface area contributed by atoms with Crippen molar-refractivity contribution < 1.29 is 4.79 Å². The predicted molar refractivity (Wildman–Crippen MR) is 92.9 cm³/mol. The zero-order valence-corrected chi connectivity index (χ0v) is 14.4. The maximum absolute atomic E-state index is 12.5. The first kappa shape index (κ1) is 15.5. The van der Waals surface area contributed by atoms with Gasteiger partial charge in [0, 0.05) is 29.6 Å². The van der Waals surface area contributed by atoms with Crippen LogP contribution in [0.4, 0.5) is 0 Å². The van der Waals surface area contributed by atoms with E-state index in [4.69, 9.17) is 0 Å². The number of thioether (sulfide) groups is 1. The lowest BCUT2D eigenvalue weighted by Gasteiger charge is -2.24. The van der Waals surface area contributed by atoms with Gasteiger partial charge < -0.3 is 4.90 Å². The number of benzene rings is 1. The zero-order valence-electron chi connectivity index (χ0n) is 12.7. The Morgan fingerprint density at radius 3 is 2.86 bits per heavy atom. The van der Waals surface area contributed by atoms with E-state index in [0.717, 1.165) is 27.9 Å². The largest absolute Gasteiger partial charge is 0.338 e. The standard InChI is InChI=1S/C16H19N3OS2/c1-18(16(20)14-10-21-11-19(14)2)8-13-9-22-15(17-13)12-6-4-3-5-7-12/h3-7,9,14H,8,10-11H2,1-2H3/t14-/m0/s1. The Labute approximate surface area is 139 Å². The summed E-state index contributed by atoms with van der Waals surface area (Å²) in [7, 11) is 3.87. The summed E-state index contributed by atoms with van der Waals surface area (Å²) in [6.45, 7) is 0.567. The van der Waals surface area contributed by atoms with E-state index in [1.165, 1.54) is 0 Å². The van der Waals surface area contributed by atoms with Crippen LogP contribution in [0.3, 0.4) is 0 Å². The molecule has 3 rings (SSSR count). The third-order valence-corrected chi connectivity index (χ3v) is 5.82. The molecule has 116 valence electrons. The Morgan fingerprint density at radius 2 is 2.18 bits per heavy atom. The number of nitrogens with zero attached hydrogens (tertiary/aromatic N) is 3. The van der Waals surface area contributed by atoms with Crippen molar-refractivity contribution in [1.29, 1.82) is 0 Å². The van der Waals surface area contributed by atoms with Gasteiger partial charge in [0.15, 0.2) is 0 Å². The highest BCUT2D eigenvalue weighted by atomic mass is 32.2. The van der Waals surface area contributed by atoms with Crippen molar-refractivity contribution in [2.24, 2.45) is 0 Å². The van der Waals surface area contributed by atoms with Crippen LogP contribution in [0.5, 0.6) is 0 Å². The molecular formula is C16H19N3OS2. The molecule has 2 heterocycles. The van der Waals surface area contributed by atoms with Gasteiger partial charge in [0.05, 0.1) is 18.3 Å². The molecule has 6 heteroatoms. The number of carbonyl (C=O) groups is 1. The van der Waals surface area contributed by atoms with Gasteiger partial charge in [0.25, 0.3) is 0 Å². The third kappa shape index (κ3) is 3.34. The normalized spacial score (nSPS) is 18.5. The SMILES string of the molecule is CN(Cc1csc(-c2ccccc2)n1)C(=O)[C@@H]1CSCN1C.